The minimum absolute atomic E-state index is 0.0232. The number of aliphatic hydroxyl groups excluding tert-OH is 11. The highest BCUT2D eigenvalue weighted by atomic mass is 16.8. The van der Waals surface area contributed by atoms with Crippen LogP contribution >= 0.6 is 0 Å². The van der Waals surface area contributed by atoms with Crippen molar-refractivity contribution in [3.63, 3.8) is 0 Å². The van der Waals surface area contributed by atoms with Crippen molar-refractivity contribution in [3.8, 4) is 80.0 Å². The van der Waals surface area contributed by atoms with Crippen LogP contribution < -0.4 is 25.1 Å². The minimum atomic E-state index is -2.42. The van der Waals surface area contributed by atoms with Gasteiger partial charge in [-0.1, -0.05) is 0 Å². The van der Waals surface area contributed by atoms with E-state index in [0.717, 1.165) is 61.5 Å². The number of rotatable bonds is 19. The molecule has 36 nitrogen and oxygen atoms in total. The van der Waals surface area contributed by atoms with Gasteiger partial charge in [0, 0.05) is 42.3 Å². The van der Waals surface area contributed by atoms with Gasteiger partial charge in [0.2, 0.25) is 18.9 Å². The molecule has 95 heavy (non-hydrogen) atoms. The number of benzene rings is 4. The molecule has 36 heteroatoms. The maximum Gasteiger partial charge on any atom is 0.400 e. The van der Waals surface area contributed by atoms with E-state index < -0.39 is 241 Å². The Bertz CT molecular complexity index is 3890. The monoisotopic (exact) mass is 1350 g/mol. The molecule has 5 aliphatic heterocycles. The lowest BCUT2D eigenvalue weighted by Crippen LogP contribution is -2.65. The lowest BCUT2D eigenvalue weighted by atomic mass is 9.97. The summed E-state index contributed by atoms with van der Waals surface area (Å²) in [5.41, 5.74) is -2.49. The summed E-state index contributed by atoms with van der Waals surface area (Å²) in [4.78, 5) is 75.8. The number of hydrogen-bond donors (Lipinski definition) is 17. The zero-order valence-corrected chi connectivity index (χ0v) is 48.7. The van der Waals surface area contributed by atoms with Gasteiger partial charge in [0.1, 0.15) is 109 Å². The molecule has 0 spiro atoms. The molecular formula is C59H61O36+. The van der Waals surface area contributed by atoms with Gasteiger partial charge in [0.15, 0.2) is 82.0 Å². The molecule has 18 N–H and O–H groups in total. The molecule has 0 saturated carbocycles. The minimum Gasteiger partial charge on any atom is -0.508 e. The van der Waals surface area contributed by atoms with E-state index in [1.165, 1.54) is 18.2 Å². The molecule has 1 aliphatic carbocycles. The number of phenolic OH excluding ortho intramolecular Hbond substituents is 5. The van der Waals surface area contributed by atoms with E-state index in [9.17, 15) is 116 Å². The van der Waals surface area contributed by atoms with E-state index in [1.807, 2.05) is 0 Å². The molecule has 3 aromatic carbocycles. The number of esters is 3. The average Bonchev–Trinajstić information content (AvgIpc) is 0.764. The second-order valence-electron chi connectivity index (χ2n) is 22.0. The van der Waals surface area contributed by atoms with E-state index in [0.29, 0.717) is 0 Å². The number of aliphatic carboxylic acids is 1. The summed E-state index contributed by atoms with van der Waals surface area (Å²) in [6.45, 7) is -2.02. The van der Waals surface area contributed by atoms with Gasteiger partial charge in [0.25, 0.3) is 5.75 Å². The molecule has 4 fully saturated rings. The molecule has 0 unspecified atom stereocenters. The van der Waals surface area contributed by atoms with Crippen LogP contribution in [0.25, 0.3) is 44.9 Å². The van der Waals surface area contributed by atoms with E-state index in [-0.39, 0.29) is 34.0 Å². The van der Waals surface area contributed by atoms with Crippen LogP contribution in [0.15, 0.2) is 86.4 Å². The van der Waals surface area contributed by atoms with Crippen LogP contribution in [-0.4, -0.2) is 258 Å². The summed E-state index contributed by atoms with van der Waals surface area (Å²) >= 11 is 0. The van der Waals surface area contributed by atoms with E-state index in [2.05, 4.69) is 0 Å². The molecule has 0 radical (unpaired) electrons. The number of ether oxygens (including phenoxy) is 11. The summed E-state index contributed by atoms with van der Waals surface area (Å²) < 4.78 is 73.7. The first-order valence-corrected chi connectivity index (χ1v) is 28.4. The summed E-state index contributed by atoms with van der Waals surface area (Å²) in [7, 11) is 0. The van der Waals surface area contributed by atoms with Crippen molar-refractivity contribution in [2.75, 3.05) is 19.8 Å². The second kappa shape index (κ2) is 28.1. The van der Waals surface area contributed by atoms with Crippen molar-refractivity contribution in [2.45, 2.75) is 136 Å². The topological polar surface area (TPSA) is 578 Å². The fourth-order valence-corrected chi connectivity index (χ4v) is 10.7. The summed E-state index contributed by atoms with van der Waals surface area (Å²) in [5.74, 6) is -12.0. The zero-order chi connectivity index (χ0) is 68.8. The number of carboxylic acid groups (broad SMARTS) is 1. The third kappa shape index (κ3) is 14.2. The van der Waals surface area contributed by atoms with E-state index in [1.54, 1.807) is 0 Å². The fourth-order valence-electron chi connectivity index (χ4n) is 10.7. The van der Waals surface area contributed by atoms with Crippen molar-refractivity contribution in [1.82, 2.24) is 0 Å². The highest BCUT2D eigenvalue weighted by Gasteiger charge is 2.54. The number of phenols is 5. The van der Waals surface area contributed by atoms with Gasteiger partial charge in [0.05, 0.1) is 18.8 Å². The molecule has 6 aliphatic rings. The molecule has 0 amide bonds. The number of carbonyl (C=O) groups is 4. The maximum absolute atomic E-state index is 13.6. The smallest absolute Gasteiger partial charge is 0.400 e. The first kappa shape index (κ1) is 68.8. The Morgan fingerprint density at radius 3 is 1.84 bits per heavy atom. The number of aliphatic hydroxyl groups is 11. The molecule has 1 aromatic heterocycles. The van der Waals surface area contributed by atoms with Gasteiger partial charge in [-0.25, -0.2) is 4.79 Å². The Morgan fingerprint density at radius 1 is 0.537 bits per heavy atom. The number of carbonyl (C=O) groups excluding carboxylic acids is 3. The number of carboxylic acids is 1. The zero-order valence-electron chi connectivity index (χ0n) is 48.7. The highest BCUT2D eigenvalue weighted by molar-refractivity contribution is 5.91. The van der Waals surface area contributed by atoms with Crippen LogP contribution in [-0.2, 0) is 57.1 Å². The molecular weight excluding hydrogens is 1280 g/mol. The van der Waals surface area contributed by atoms with Gasteiger partial charge in [-0.3, -0.25) is 24.0 Å². The van der Waals surface area contributed by atoms with Crippen LogP contribution in [0.4, 0.5) is 0 Å². The van der Waals surface area contributed by atoms with Gasteiger partial charge in [-0.2, -0.15) is 0 Å². The highest BCUT2D eigenvalue weighted by Crippen LogP contribution is 2.45. The summed E-state index contributed by atoms with van der Waals surface area (Å²) in [5, 5.41) is 181. The van der Waals surface area contributed by atoms with Crippen LogP contribution in [0, 0.1) is 0 Å². The molecule has 20 atom stereocenters. The van der Waals surface area contributed by atoms with Crippen molar-refractivity contribution >= 4 is 34.8 Å². The van der Waals surface area contributed by atoms with Gasteiger partial charge < -0.3 is 148 Å². The molecule has 512 valence electrons. The molecule has 10 rings (SSSR count). The standard InChI is InChI=1S/C59H60O36/c1-18(62)84-50-40(73)34(91-57(47(50)80)88-31-13-24-26(66)9-22(64)10-29(24)86-48(31)20-4-7-25(65)27(67)8-20)17-83-35(69)14-36(70)92-53-45(78)44(77)52(55(81)82)94-58(53)85-23-11-28(68)37-30(12-23)87-49(19-2-5-21(63)6-3-19)51(41(37)74)93-59-54(43(76)39(72)33(16-61)90-59)95-56-46(79)42(75)38(71)32(15-60)89-56/h2-13,32-34,38-40,42-47,50,52-54,56-61,63,65-68,71-73,75-80H,14-17H2,1H3,(H,81,82)/p+1/t32-,33-,34-,38-,39-,40-,42+,43+,44+,45+,46-,47-,50+,52+,53-,54-,56+,57-,58-,59+/m1/s1. The maximum atomic E-state index is 13.6. The molecule has 4 saturated heterocycles. The fraction of sp³-hybridized carbons (Fsp3) is 0.424. The van der Waals surface area contributed by atoms with Gasteiger partial charge in [-0.15, -0.1) is 0 Å². The van der Waals surface area contributed by atoms with Crippen molar-refractivity contribution in [2.24, 2.45) is 0 Å². The molecule has 6 heterocycles. The van der Waals surface area contributed by atoms with E-state index >= 15 is 0 Å². The molecule has 0 bridgehead atoms. The predicted octanol–water partition coefficient (Wildman–Crippen LogP) is -4.43. The van der Waals surface area contributed by atoms with Crippen LogP contribution in [0.5, 0.6) is 46.0 Å². The Kier molecular flexibility index (Phi) is 20.3. The van der Waals surface area contributed by atoms with Crippen LogP contribution in [0.2, 0.25) is 0 Å². The van der Waals surface area contributed by atoms with Gasteiger partial charge >= 0.3 is 29.3 Å². The van der Waals surface area contributed by atoms with E-state index in [4.69, 9.17) is 60.9 Å². The third-order valence-corrected chi connectivity index (χ3v) is 15.5. The van der Waals surface area contributed by atoms with Gasteiger partial charge in [-0.05, 0) is 48.5 Å². The number of fused-ring (bicyclic) bond motifs is 2. The first-order chi connectivity index (χ1) is 45.0. The second-order valence-corrected chi connectivity index (χ2v) is 22.0. The Balaban J connectivity index is 0.889. The summed E-state index contributed by atoms with van der Waals surface area (Å²) in [6, 6.07) is 12.6. The lowest BCUT2D eigenvalue weighted by molar-refractivity contribution is -0.358. The third-order valence-electron chi connectivity index (χ3n) is 15.5. The van der Waals surface area contributed by atoms with Crippen molar-refractivity contribution in [1.29, 1.82) is 0 Å². The Labute approximate surface area is 529 Å². The molecule has 4 aromatic rings. The van der Waals surface area contributed by atoms with Crippen LogP contribution in [0.1, 0.15) is 13.3 Å². The summed E-state index contributed by atoms with van der Waals surface area (Å²) in [6.07, 6.45) is -42.4. The quantitative estimate of drug-likeness (QED) is 0.0120. The van der Waals surface area contributed by atoms with Crippen LogP contribution in [0.3, 0.4) is 0 Å². The predicted molar refractivity (Wildman–Crippen MR) is 300 cm³/mol. The lowest BCUT2D eigenvalue weighted by Gasteiger charge is -2.45. The SMILES string of the molecule is CC(=O)O[C@@H]1[C@@H](O)[C@H](Oc2cc3c(O)cc(=O)cc-3oc2-c2ccc(O)c(O)c2)O[C@H](COC(=O)CC(=O)O[C@H]2[C@H](Oc3cc(O)c4c(=[OH+])c(O[C@@H]5O[C@H](CO)[C@@H](O)[C@H](O)[C@H]5O[C@@H]5O[C@H](CO)[C@@H](O)[C@H](O)[C@H]5O)c(-c5ccc(O)cc5)oc4c3)O[C@H](C(=O)O)[C@@H](O)[C@@H]2O)[C@H]1O. The Hall–Kier alpha value is -9.06. The number of aromatic hydroxyl groups is 5. The van der Waals surface area contributed by atoms with Crippen molar-refractivity contribution in [3.05, 3.63) is 88.4 Å². The normalized spacial score (nSPS) is 30.9. The number of hydrogen-bond acceptors (Lipinski definition) is 34. The average molecular weight is 1350 g/mol. The first-order valence-electron chi connectivity index (χ1n) is 28.4. The Morgan fingerprint density at radius 2 is 1.18 bits per heavy atom. The van der Waals surface area contributed by atoms with Crippen molar-refractivity contribution < 1.29 is 172 Å². The largest absolute Gasteiger partial charge is 0.508 e.